The van der Waals surface area contributed by atoms with Crippen molar-refractivity contribution in [3.63, 3.8) is 0 Å². The van der Waals surface area contributed by atoms with Gasteiger partial charge in [-0.3, -0.25) is 9.59 Å². The van der Waals surface area contributed by atoms with Crippen LogP contribution in [0.25, 0.3) is 0 Å². The van der Waals surface area contributed by atoms with E-state index in [-0.39, 0.29) is 12.3 Å². The molecule has 2 N–H and O–H groups in total. The van der Waals surface area contributed by atoms with E-state index >= 15 is 0 Å². The maximum atomic E-state index is 12.1. The molecule has 0 spiro atoms. The molecule has 8 heteroatoms. The van der Waals surface area contributed by atoms with Crippen LogP contribution < -0.4 is 10.6 Å². The second-order valence-corrected chi connectivity index (χ2v) is 5.01. The third kappa shape index (κ3) is 4.25. The molecule has 2 heterocycles. The average molecular weight is 334 g/mol. The van der Waals surface area contributed by atoms with Crippen molar-refractivity contribution >= 4 is 17.8 Å². The van der Waals surface area contributed by atoms with Gasteiger partial charge in [-0.2, -0.15) is 0 Å². The minimum Gasteiger partial charge on any atom is -0.468 e. The zero-order valence-electron chi connectivity index (χ0n) is 13.3. The number of amides is 2. The Bertz CT molecular complexity index is 678. The molecule has 1 unspecified atom stereocenters. The number of hydrogen-bond donors (Lipinski definition) is 2. The summed E-state index contributed by atoms with van der Waals surface area (Å²) in [6, 6.07) is 5.00. The Labute approximate surface area is 138 Å². The van der Waals surface area contributed by atoms with Gasteiger partial charge in [-0.05, 0) is 31.2 Å². The molecule has 0 aromatic carbocycles. The largest absolute Gasteiger partial charge is 0.468 e. The fourth-order valence-electron chi connectivity index (χ4n) is 2.22. The Morgan fingerprint density at radius 1 is 1.17 bits per heavy atom. The van der Waals surface area contributed by atoms with Gasteiger partial charge in [0.15, 0.2) is 0 Å². The SMILES string of the molecule is COC(=O)C(C(C)=O)[C@@H](NC(=O)NCc1ccco1)c1ccco1. The predicted octanol–water partition coefficient (Wildman–Crippen LogP) is 1.79. The highest BCUT2D eigenvalue weighted by molar-refractivity contribution is 5.99. The minimum atomic E-state index is -1.21. The van der Waals surface area contributed by atoms with Crippen molar-refractivity contribution < 1.29 is 28.0 Å². The Morgan fingerprint density at radius 3 is 2.42 bits per heavy atom. The summed E-state index contributed by atoms with van der Waals surface area (Å²) in [6.07, 6.45) is 2.88. The number of ketones is 1. The summed E-state index contributed by atoms with van der Waals surface area (Å²) < 4.78 is 15.0. The van der Waals surface area contributed by atoms with Crippen LogP contribution >= 0.6 is 0 Å². The van der Waals surface area contributed by atoms with Crippen molar-refractivity contribution in [3.8, 4) is 0 Å². The van der Waals surface area contributed by atoms with Crippen LogP contribution in [0, 0.1) is 5.92 Å². The highest BCUT2D eigenvalue weighted by Gasteiger charge is 2.37. The van der Waals surface area contributed by atoms with Crippen LogP contribution in [0.2, 0.25) is 0 Å². The molecule has 128 valence electrons. The predicted molar refractivity (Wildman–Crippen MR) is 81.7 cm³/mol. The van der Waals surface area contributed by atoms with Gasteiger partial charge in [-0.1, -0.05) is 0 Å². The third-order valence-corrected chi connectivity index (χ3v) is 3.37. The van der Waals surface area contributed by atoms with E-state index in [1.54, 1.807) is 24.3 Å². The second kappa shape index (κ2) is 8.00. The second-order valence-electron chi connectivity index (χ2n) is 5.01. The molecule has 2 aromatic heterocycles. The maximum Gasteiger partial charge on any atom is 0.318 e. The highest BCUT2D eigenvalue weighted by atomic mass is 16.5. The van der Waals surface area contributed by atoms with Gasteiger partial charge in [-0.15, -0.1) is 0 Å². The first-order valence-corrected chi connectivity index (χ1v) is 7.21. The Morgan fingerprint density at radius 2 is 1.88 bits per heavy atom. The van der Waals surface area contributed by atoms with E-state index in [1.807, 2.05) is 0 Å². The van der Waals surface area contributed by atoms with Crippen LogP contribution in [0.4, 0.5) is 4.79 Å². The zero-order chi connectivity index (χ0) is 17.5. The lowest BCUT2D eigenvalue weighted by Crippen LogP contribution is -2.44. The lowest BCUT2D eigenvalue weighted by Gasteiger charge is -2.22. The molecular formula is C16H18N2O6. The molecule has 0 aliphatic carbocycles. The summed E-state index contributed by atoms with van der Waals surface area (Å²) in [4.78, 5) is 35.9. The molecule has 2 amide bonds. The molecule has 0 aliphatic rings. The first-order valence-electron chi connectivity index (χ1n) is 7.21. The Kier molecular flexibility index (Phi) is 5.78. The molecule has 0 saturated heterocycles. The van der Waals surface area contributed by atoms with E-state index < -0.39 is 29.7 Å². The van der Waals surface area contributed by atoms with E-state index in [0.29, 0.717) is 5.76 Å². The normalized spacial score (nSPS) is 12.9. The molecule has 0 bridgehead atoms. The number of furan rings is 2. The van der Waals surface area contributed by atoms with Gasteiger partial charge in [0.2, 0.25) is 0 Å². The molecule has 2 aromatic rings. The Hall–Kier alpha value is -3.03. The summed E-state index contributed by atoms with van der Waals surface area (Å²) in [6.45, 7) is 1.41. The van der Waals surface area contributed by atoms with Crippen molar-refractivity contribution in [1.29, 1.82) is 0 Å². The summed E-state index contributed by atoms with van der Waals surface area (Å²) in [5.74, 6) is -1.58. The smallest absolute Gasteiger partial charge is 0.318 e. The van der Waals surface area contributed by atoms with E-state index in [2.05, 4.69) is 15.4 Å². The molecule has 0 fully saturated rings. The molecule has 0 saturated carbocycles. The number of esters is 1. The lowest BCUT2D eigenvalue weighted by atomic mass is 9.94. The summed E-state index contributed by atoms with van der Waals surface area (Å²) in [7, 11) is 1.18. The van der Waals surface area contributed by atoms with Gasteiger partial charge in [0.05, 0.1) is 26.2 Å². The molecule has 24 heavy (non-hydrogen) atoms. The van der Waals surface area contributed by atoms with Crippen LogP contribution in [0.15, 0.2) is 45.6 Å². The van der Waals surface area contributed by atoms with Crippen LogP contribution in [-0.2, 0) is 20.9 Å². The number of Topliss-reactive ketones (excluding diaryl/α,β-unsaturated/α-hetero) is 1. The first-order chi connectivity index (χ1) is 11.5. The number of carbonyl (C=O) groups excluding carboxylic acids is 3. The quantitative estimate of drug-likeness (QED) is 0.590. The van der Waals surface area contributed by atoms with Gasteiger partial charge in [0.1, 0.15) is 29.3 Å². The third-order valence-electron chi connectivity index (χ3n) is 3.37. The van der Waals surface area contributed by atoms with Crippen LogP contribution in [0.1, 0.15) is 24.5 Å². The van der Waals surface area contributed by atoms with Crippen molar-refractivity contribution in [1.82, 2.24) is 10.6 Å². The van der Waals surface area contributed by atoms with Gasteiger partial charge in [0, 0.05) is 0 Å². The van der Waals surface area contributed by atoms with Crippen molar-refractivity contribution in [2.45, 2.75) is 19.5 Å². The van der Waals surface area contributed by atoms with Crippen molar-refractivity contribution in [2.75, 3.05) is 7.11 Å². The van der Waals surface area contributed by atoms with Crippen LogP contribution in [0.3, 0.4) is 0 Å². The van der Waals surface area contributed by atoms with Gasteiger partial charge >= 0.3 is 12.0 Å². The highest BCUT2D eigenvalue weighted by Crippen LogP contribution is 2.24. The van der Waals surface area contributed by atoms with E-state index in [9.17, 15) is 14.4 Å². The number of rotatable bonds is 7. The standard InChI is InChI=1S/C16H18N2O6/c1-10(19)13(15(20)22-2)14(12-6-4-8-24-12)18-16(21)17-9-11-5-3-7-23-11/h3-8,13-14H,9H2,1-2H3,(H2,17,18,21)/t13?,14-/m0/s1. The fraction of sp³-hybridized carbons (Fsp3) is 0.312. The molecule has 2 atom stereocenters. The first kappa shape index (κ1) is 17.3. The van der Waals surface area contributed by atoms with Crippen molar-refractivity contribution in [3.05, 3.63) is 48.3 Å². The number of carbonyl (C=O) groups is 3. The van der Waals surface area contributed by atoms with E-state index in [1.165, 1.54) is 26.6 Å². The molecule has 8 nitrogen and oxygen atoms in total. The minimum absolute atomic E-state index is 0.159. The van der Waals surface area contributed by atoms with Crippen molar-refractivity contribution in [2.24, 2.45) is 5.92 Å². The fourth-order valence-corrected chi connectivity index (χ4v) is 2.22. The van der Waals surface area contributed by atoms with Gasteiger partial charge < -0.3 is 24.2 Å². The molecular weight excluding hydrogens is 316 g/mol. The van der Waals surface area contributed by atoms with E-state index in [4.69, 9.17) is 8.83 Å². The number of methoxy groups -OCH3 is 1. The summed E-state index contributed by atoms with van der Waals surface area (Å²) in [5, 5.41) is 5.15. The molecule has 2 rings (SSSR count). The summed E-state index contributed by atoms with van der Waals surface area (Å²) in [5.41, 5.74) is 0. The summed E-state index contributed by atoms with van der Waals surface area (Å²) >= 11 is 0. The number of urea groups is 1. The van der Waals surface area contributed by atoms with Crippen LogP contribution in [0.5, 0.6) is 0 Å². The molecule has 0 radical (unpaired) electrons. The Balaban J connectivity index is 2.12. The maximum absolute atomic E-state index is 12.1. The topological polar surface area (TPSA) is 111 Å². The monoisotopic (exact) mass is 334 g/mol. The lowest BCUT2D eigenvalue weighted by molar-refractivity contribution is -0.150. The van der Waals surface area contributed by atoms with Gasteiger partial charge in [-0.25, -0.2) is 4.79 Å². The molecule has 0 aliphatic heterocycles. The zero-order valence-corrected chi connectivity index (χ0v) is 13.3. The van der Waals surface area contributed by atoms with E-state index in [0.717, 1.165) is 0 Å². The van der Waals surface area contributed by atoms with Crippen LogP contribution in [-0.4, -0.2) is 24.9 Å². The number of hydrogen-bond acceptors (Lipinski definition) is 6. The van der Waals surface area contributed by atoms with Gasteiger partial charge in [0.25, 0.3) is 0 Å². The average Bonchev–Trinajstić information content (AvgIpc) is 3.25. The number of nitrogens with one attached hydrogen (secondary N) is 2. The number of ether oxygens (including phenoxy) is 1.